The predicted octanol–water partition coefficient (Wildman–Crippen LogP) is 0.382. The van der Waals surface area contributed by atoms with Gasteiger partial charge >= 0.3 is 0 Å². The Labute approximate surface area is 68.8 Å². The Morgan fingerprint density at radius 2 is 2.00 bits per heavy atom. The molecule has 0 aliphatic heterocycles. The zero-order valence-corrected chi connectivity index (χ0v) is 7.63. The molecule has 0 amide bonds. The molecule has 3 heteroatoms. The molecule has 0 aromatic carbocycles. The number of aliphatic hydroxyl groups excluding tert-OH is 1. The molecule has 0 aromatic heterocycles. The smallest absolute Gasteiger partial charge is 0.0636 e. The molecule has 0 aromatic rings. The van der Waals surface area contributed by atoms with Crippen molar-refractivity contribution in [1.29, 1.82) is 0 Å². The molecule has 0 radical (unpaired) electrons. The lowest BCUT2D eigenvalue weighted by molar-refractivity contribution is 0.0787. The van der Waals surface area contributed by atoms with Crippen LogP contribution in [0.4, 0.5) is 0 Å². The summed E-state index contributed by atoms with van der Waals surface area (Å²) in [5.74, 6) is 0. The van der Waals surface area contributed by atoms with Crippen molar-refractivity contribution < 1.29 is 9.84 Å². The van der Waals surface area contributed by atoms with Crippen LogP contribution < -0.4 is 5.32 Å². The number of aliphatic hydroxyl groups is 1. The van der Waals surface area contributed by atoms with Crippen molar-refractivity contribution in [2.75, 3.05) is 19.7 Å². The van der Waals surface area contributed by atoms with Crippen LogP contribution in [0.5, 0.6) is 0 Å². The van der Waals surface area contributed by atoms with Gasteiger partial charge in [0, 0.05) is 13.1 Å². The zero-order chi connectivity index (χ0) is 8.69. The molecule has 0 bridgehead atoms. The lowest BCUT2D eigenvalue weighted by Crippen LogP contribution is -2.28. The minimum atomic E-state index is -0.269. The van der Waals surface area contributed by atoms with Crippen molar-refractivity contribution in [3.63, 3.8) is 0 Å². The van der Waals surface area contributed by atoms with Crippen LogP contribution in [0.25, 0.3) is 0 Å². The van der Waals surface area contributed by atoms with Crippen molar-refractivity contribution in [2.45, 2.75) is 33.0 Å². The molecule has 11 heavy (non-hydrogen) atoms. The number of ether oxygens (including phenoxy) is 1. The van der Waals surface area contributed by atoms with Crippen molar-refractivity contribution in [2.24, 2.45) is 0 Å². The van der Waals surface area contributed by atoms with Gasteiger partial charge in [-0.2, -0.15) is 0 Å². The fourth-order valence-electron chi connectivity index (χ4n) is 0.678. The third kappa shape index (κ3) is 9.88. The van der Waals surface area contributed by atoms with Gasteiger partial charge in [-0.05, 0) is 20.8 Å². The fraction of sp³-hybridized carbons (Fsp3) is 1.00. The Balaban J connectivity index is 2.91. The summed E-state index contributed by atoms with van der Waals surface area (Å²) in [6.45, 7) is 7.94. The topological polar surface area (TPSA) is 41.5 Å². The standard InChI is InChI=1S/C8H19NO2/c1-7(2)11-5-4-9-6-8(3)10/h7-10H,4-6H2,1-3H3/t8-/m0/s1. The molecule has 0 aliphatic carbocycles. The minimum Gasteiger partial charge on any atom is -0.392 e. The Hall–Kier alpha value is -0.120. The highest BCUT2D eigenvalue weighted by Gasteiger charge is 1.94. The summed E-state index contributed by atoms with van der Waals surface area (Å²) >= 11 is 0. The van der Waals surface area contributed by atoms with Gasteiger partial charge in [0.2, 0.25) is 0 Å². The van der Waals surface area contributed by atoms with Crippen LogP contribution >= 0.6 is 0 Å². The van der Waals surface area contributed by atoms with E-state index in [0.29, 0.717) is 19.3 Å². The van der Waals surface area contributed by atoms with Crippen molar-refractivity contribution in [3.05, 3.63) is 0 Å². The van der Waals surface area contributed by atoms with E-state index in [9.17, 15) is 0 Å². The molecule has 0 spiro atoms. The first kappa shape index (κ1) is 10.9. The first-order chi connectivity index (χ1) is 5.13. The maximum Gasteiger partial charge on any atom is 0.0636 e. The van der Waals surface area contributed by atoms with E-state index in [0.717, 1.165) is 6.54 Å². The van der Waals surface area contributed by atoms with Gasteiger partial charge in [-0.1, -0.05) is 0 Å². The Morgan fingerprint density at radius 1 is 1.36 bits per heavy atom. The molecule has 0 saturated heterocycles. The van der Waals surface area contributed by atoms with E-state index in [-0.39, 0.29) is 6.10 Å². The first-order valence-corrected chi connectivity index (χ1v) is 4.13. The van der Waals surface area contributed by atoms with Crippen molar-refractivity contribution in [3.8, 4) is 0 Å². The summed E-state index contributed by atoms with van der Waals surface area (Å²) in [4.78, 5) is 0. The predicted molar refractivity (Wildman–Crippen MR) is 45.6 cm³/mol. The van der Waals surface area contributed by atoms with Gasteiger partial charge in [-0.25, -0.2) is 0 Å². The SMILES string of the molecule is CC(C)OCCNC[C@H](C)O. The molecule has 2 N–H and O–H groups in total. The van der Waals surface area contributed by atoms with Gasteiger partial charge in [0.15, 0.2) is 0 Å². The Kier molecular flexibility index (Phi) is 6.51. The van der Waals surface area contributed by atoms with Gasteiger partial charge in [0.25, 0.3) is 0 Å². The number of hydrogen-bond donors (Lipinski definition) is 2. The minimum absolute atomic E-state index is 0.269. The van der Waals surface area contributed by atoms with Crippen LogP contribution in [0.2, 0.25) is 0 Å². The molecule has 0 fully saturated rings. The first-order valence-electron chi connectivity index (χ1n) is 4.13. The lowest BCUT2D eigenvalue weighted by atomic mass is 10.4. The molecule has 0 aliphatic rings. The van der Waals surface area contributed by atoms with Crippen LogP contribution in [0.15, 0.2) is 0 Å². The highest BCUT2D eigenvalue weighted by atomic mass is 16.5. The van der Waals surface area contributed by atoms with E-state index in [4.69, 9.17) is 9.84 Å². The number of nitrogens with one attached hydrogen (secondary N) is 1. The summed E-state index contributed by atoms with van der Waals surface area (Å²) in [5.41, 5.74) is 0. The molecule has 0 saturated carbocycles. The van der Waals surface area contributed by atoms with Crippen LogP contribution in [0, 0.1) is 0 Å². The third-order valence-electron chi connectivity index (χ3n) is 1.17. The van der Waals surface area contributed by atoms with E-state index in [1.165, 1.54) is 0 Å². The van der Waals surface area contributed by atoms with Crippen LogP contribution in [-0.4, -0.2) is 37.0 Å². The third-order valence-corrected chi connectivity index (χ3v) is 1.17. The zero-order valence-electron chi connectivity index (χ0n) is 7.63. The summed E-state index contributed by atoms with van der Waals surface area (Å²) in [6, 6.07) is 0. The largest absolute Gasteiger partial charge is 0.392 e. The Bertz CT molecular complexity index is 74.2. The van der Waals surface area contributed by atoms with E-state index >= 15 is 0 Å². The molecular weight excluding hydrogens is 142 g/mol. The van der Waals surface area contributed by atoms with E-state index in [1.54, 1.807) is 6.92 Å². The highest BCUT2D eigenvalue weighted by molar-refractivity contribution is 4.51. The van der Waals surface area contributed by atoms with E-state index in [2.05, 4.69) is 5.32 Å². The maximum absolute atomic E-state index is 8.86. The average Bonchev–Trinajstić information content (AvgIpc) is 1.85. The highest BCUT2D eigenvalue weighted by Crippen LogP contribution is 1.84. The lowest BCUT2D eigenvalue weighted by Gasteiger charge is -2.09. The number of rotatable bonds is 6. The van der Waals surface area contributed by atoms with Gasteiger partial charge in [-0.3, -0.25) is 0 Å². The quantitative estimate of drug-likeness (QED) is 0.553. The molecule has 1 atom stereocenters. The van der Waals surface area contributed by atoms with Crippen molar-refractivity contribution >= 4 is 0 Å². The second-order valence-electron chi connectivity index (χ2n) is 2.97. The van der Waals surface area contributed by atoms with Gasteiger partial charge in [0.05, 0.1) is 18.8 Å². The summed E-state index contributed by atoms with van der Waals surface area (Å²) < 4.78 is 5.28. The molecule has 3 nitrogen and oxygen atoms in total. The van der Waals surface area contributed by atoms with Crippen molar-refractivity contribution in [1.82, 2.24) is 5.32 Å². The van der Waals surface area contributed by atoms with Gasteiger partial charge < -0.3 is 15.2 Å². The van der Waals surface area contributed by atoms with Crippen LogP contribution in [-0.2, 0) is 4.74 Å². The average molecular weight is 161 g/mol. The molecule has 0 unspecified atom stereocenters. The van der Waals surface area contributed by atoms with E-state index in [1.807, 2.05) is 13.8 Å². The fourth-order valence-corrected chi connectivity index (χ4v) is 0.678. The van der Waals surface area contributed by atoms with E-state index < -0.39 is 0 Å². The molecule has 0 rings (SSSR count). The second-order valence-corrected chi connectivity index (χ2v) is 2.97. The summed E-state index contributed by atoms with van der Waals surface area (Å²) in [6.07, 6.45) is 0.0254. The monoisotopic (exact) mass is 161 g/mol. The summed E-state index contributed by atoms with van der Waals surface area (Å²) in [7, 11) is 0. The molecule has 0 heterocycles. The van der Waals surface area contributed by atoms with Crippen LogP contribution in [0.1, 0.15) is 20.8 Å². The maximum atomic E-state index is 8.86. The van der Waals surface area contributed by atoms with Gasteiger partial charge in [-0.15, -0.1) is 0 Å². The molecular formula is C8H19NO2. The van der Waals surface area contributed by atoms with Crippen LogP contribution in [0.3, 0.4) is 0 Å². The number of hydrogen-bond acceptors (Lipinski definition) is 3. The molecule has 68 valence electrons. The second kappa shape index (κ2) is 6.58. The van der Waals surface area contributed by atoms with Gasteiger partial charge in [0.1, 0.15) is 0 Å². The normalized spacial score (nSPS) is 13.9. The summed E-state index contributed by atoms with van der Waals surface area (Å²) in [5, 5.41) is 11.9. The Morgan fingerprint density at radius 3 is 2.45 bits per heavy atom.